The van der Waals surface area contributed by atoms with Crippen LogP contribution in [0.4, 0.5) is 0 Å². The third-order valence-electron chi connectivity index (χ3n) is 2.85. The number of aromatic nitrogens is 6. The summed E-state index contributed by atoms with van der Waals surface area (Å²) in [6, 6.07) is 0. The molecule has 2 aromatic heterocycles. The van der Waals surface area contributed by atoms with E-state index in [0.717, 1.165) is 5.69 Å². The summed E-state index contributed by atoms with van der Waals surface area (Å²) in [4.78, 5) is 1.36. The van der Waals surface area contributed by atoms with E-state index in [1.165, 1.54) is 4.80 Å². The highest BCUT2D eigenvalue weighted by Crippen LogP contribution is 2.31. The number of halogens is 1. The second-order valence-corrected chi connectivity index (χ2v) is 5.14. The molecule has 0 aliphatic rings. The van der Waals surface area contributed by atoms with Crippen molar-refractivity contribution in [1.82, 2.24) is 30.0 Å². The molecule has 1 atom stereocenters. The third-order valence-corrected chi connectivity index (χ3v) is 3.29. The van der Waals surface area contributed by atoms with Gasteiger partial charge in [-0.05, 0) is 11.1 Å². The van der Waals surface area contributed by atoms with Gasteiger partial charge in [0.25, 0.3) is 0 Å². The zero-order chi connectivity index (χ0) is 14.2. The normalized spacial score (nSPS) is 13.2. The van der Waals surface area contributed by atoms with Crippen LogP contribution < -0.4 is 0 Å². The van der Waals surface area contributed by atoms with E-state index in [9.17, 15) is 5.11 Å². The predicted octanol–water partition coefficient (Wildman–Crippen LogP) is 0.996. The quantitative estimate of drug-likeness (QED) is 0.906. The van der Waals surface area contributed by atoms with Crippen molar-refractivity contribution in [3.63, 3.8) is 0 Å². The maximum atomic E-state index is 10.4. The Morgan fingerprint density at radius 1 is 1.26 bits per heavy atom. The highest BCUT2D eigenvalue weighted by molar-refractivity contribution is 6.30. The molecule has 0 bridgehead atoms. The zero-order valence-electron chi connectivity index (χ0n) is 11.4. The number of hydrogen-bond acceptors (Lipinski definition) is 5. The Balaban J connectivity index is 2.30. The number of aliphatic hydroxyl groups is 1. The van der Waals surface area contributed by atoms with Crippen molar-refractivity contribution in [2.45, 2.75) is 32.3 Å². The fraction of sp³-hybridized carbons (Fsp3) is 0.636. The Labute approximate surface area is 116 Å². The summed E-state index contributed by atoms with van der Waals surface area (Å²) < 4.78 is 1.57. The minimum atomic E-state index is -0.789. The first kappa shape index (κ1) is 14.0. The zero-order valence-corrected chi connectivity index (χ0v) is 12.1. The van der Waals surface area contributed by atoms with Gasteiger partial charge in [-0.15, -0.1) is 10.2 Å². The molecule has 1 N–H and O–H groups in total. The monoisotopic (exact) mass is 284 g/mol. The van der Waals surface area contributed by atoms with Gasteiger partial charge < -0.3 is 5.11 Å². The van der Waals surface area contributed by atoms with E-state index in [4.69, 9.17) is 11.6 Å². The maximum Gasteiger partial charge on any atom is 0.177 e. The molecular formula is C11H17ClN6O. The van der Waals surface area contributed by atoms with Gasteiger partial charge in [0.1, 0.15) is 5.15 Å². The Morgan fingerprint density at radius 3 is 2.47 bits per heavy atom. The molecule has 7 nitrogen and oxygen atoms in total. The largest absolute Gasteiger partial charge is 0.388 e. The van der Waals surface area contributed by atoms with Crippen molar-refractivity contribution in [3.05, 3.63) is 22.2 Å². The predicted molar refractivity (Wildman–Crippen MR) is 69.8 cm³/mol. The average Bonchev–Trinajstić information content (AvgIpc) is 2.84. The standard InChI is InChI=1S/C11H17ClN6O/c1-6(2)10-9(11(12)17(3)15-10)7(19)5-8-13-16-18(4)14-8/h6-7,19H,5H2,1-4H3. The van der Waals surface area contributed by atoms with Crippen LogP contribution in [0, 0.1) is 0 Å². The van der Waals surface area contributed by atoms with Crippen LogP contribution in [0.1, 0.15) is 43.0 Å². The van der Waals surface area contributed by atoms with Gasteiger partial charge in [-0.1, -0.05) is 25.4 Å². The SMILES string of the molecule is CC(C)c1nn(C)c(Cl)c1C(O)Cc1nnn(C)n1. The van der Waals surface area contributed by atoms with Crippen LogP contribution in [0.5, 0.6) is 0 Å². The molecule has 0 aliphatic heterocycles. The van der Waals surface area contributed by atoms with Crippen molar-refractivity contribution in [1.29, 1.82) is 0 Å². The first-order valence-corrected chi connectivity index (χ1v) is 6.41. The van der Waals surface area contributed by atoms with Gasteiger partial charge in [-0.25, -0.2) is 0 Å². The number of tetrazole rings is 1. The molecule has 19 heavy (non-hydrogen) atoms. The Kier molecular flexibility index (Phi) is 3.86. The van der Waals surface area contributed by atoms with Gasteiger partial charge in [0.2, 0.25) is 0 Å². The van der Waals surface area contributed by atoms with E-state index < -0.39 is 6.10 Å². The Bertz CT molecular complexity index is 576. The lowest BCUT2D eigenvalue weighted by Gasteiger charge is -2.11. The second-order valence-electron chi connectivity index (χ2n) is 4.78. The van der Waals surface area contributed by atoms with Crippen molar-refractivity contribution in [2.75, 3.05) is 0 Å². The molecule has 0 spiro atoms. The molecule has 1 unspecified atom stereocenters. The molecule has 2 rings (SSSR count). The molecule has 0 saturated carbocycles. The molecule has 104 valence electrons. The summed E-state index contributed by atoms with van der Waals surface area (Å²) >= 11 is 6.20. The number of aryl methyl sites for hydroxylation is 2. The smallest absolute Gasteiger partial charge is 0.177 e. The first-order chi connectivity index (χ1) is 8.90. The van der Waals surface area contributed by atoms with Crippen LogP contribution in [0.15, 0.2) is 0 Å². The minimum Gasteiger partial charge on any atom is -0.388 e. The van der Waals surface area contributed by atoms with Crippen LogP contribution >= 0.6 is 11.6 Å². The topological polar surface area (TPSA) is 81.6 Å². The summed E-state index contributed by atoms with van der Waals surface area (Å²) in [7, 11) is 3.44. The fourth-order valence-electron chi connectivity index (χ4n) is 1.95. The van der Waals surface area contributed by atoms with Gasteiger partial charge >= 0.3 is 0 Å². The number of hydrogen-bond donors (Lipinski definition) is 1. The highest BCUT2D eigenvalue weighted by atomic mass is 35.5. The van der Waals surface area contributed by atoms with Crippen LogP contribution in [-0.4, -0.2) is 35.1 Å². The van der Waals surface area contributed by atoms with E-state index in [0.29, 0.717) is 16.5 Å². The van der Waals surface area contributed by atoms with Gasteiger partial charge in [0.05, 0.1) is 18.8 Å². The molecule has 0 fully saturated rings. The molecule has 0 saturated heterocycles. The highest BCUT2D eigenvalue weighted by Gasteiger charge is 2.24. The van der Waals surface area contributed by atoms with E-state index in [1.54, 1.807) is 18.8 Å². The Morgan fingerprint density at radius 2 is 1.95 bits per heavy atom. The van der Waals surface area contributed by atoms with E-state index in [1.807, 2.05) is 13.8 Å². The lowest BCUT2D eigenvalue weighted by molar-refractivity contribution is 0.174. The molecule has 8 heteroatoms. The van der Waals surface area contributed by atoms with Crippen molar-refractivity contribution in [2.24, 2.45) is 14.1 Å². The van der Waals surface area contributed by atoms with Crippen LogP contribution in [-0.2, 0) is 20.5 Å². The van der Waals surface area contributed by atoms with Gasteiger partial charge in [0, 0.05) is 19.0 Å². The summed E-state index contributed by atoms with van der Waals surface area (Å²) in [5, 5.41) is 26.8. The number of nitrogens with zero attached hydrogens (tertiary/aromatic N) is 6. The van der Waals surface area contributed by atoms with Crippen molar-refractivity contribution >= 4 is 11.6 Å². The maximum absolute atomic E-state index is 10.4. The van der Waals surface area contributed by atoms with Crippen LogP contribution in [0.2, 0.25) is 5.15 Å². The molecule has 0 aromatic carbocycles. The van der Waals surface area contributed by atoms with E-state index in [2.05, 4.69) is 20.5 Å². The lowest BCUT2D eigenvalue weighted by Crippen LogP contribution is -2.07. The molecule has 0 aliphatic carbocycles. The number of rotatable bonds is 4. The van der Waals surface area contributed by atoms with Crippen LogP contribution in [0.25, 0.3) is 0 Å². The van der Waals surface area contributed by atoms with Gasteiger partial charge in [-0.3, -0.25) is 4.68 Å². The summed E-state index contributed by atoms with van der Waals surface area (Å²) in [6.45, 7) is 4.02. The third kappa shape index (κ3) is 2.76. The lowest BCUT2D eigenvalue weighted by atomic mass is 10.0. The average molecular weight is 285 g/mol. The van der Waals surface area contributed by atoms with Crippen molar-refractivity contribution in [3.8, 4) is 0 Å². The summed E-state index contributed by atoms with van der Waals surface area (Å²) in [5.74, 6) is 0.655. The summed E-state index contributed by atoms with van der Waals surface area (Å²) in [5.41, 5.74) is 1.44. The molecule has 2 aromatic rings. The molecule has 2 heterocycles. The van der Waals surface area contributed by atoms with Gasteiger partial charge in [-0.2, -0.15) is 9.90 Å². The minimum absolute atomic E-state index is 0.179. The van der Waals surface area contributed by atoms with Crippen molar-refractivity contribution < 1.29 is 5.11 Å². The Hall–Kier alpha value is -1.47. The van der Waals surface area contributed by atoms with E-state index in [-0.39, 0.29) is 12.3 Å². The van der Waals surface area contributed by atoms with Crippen LogP contribution in [0.3, 0.4) is 0 Å². The van der Waals surface area contributed by atoms with E-state index >= 15 is 0 Å². The second kappa shape index (κ2) is 5.26. The first-order valence-electron chi connectivity index (χ1n) is 6.03. The molecular weight excluding hydrogens is 268 g/mol. The summed E-state index contributed by atoms with van der Waals surface area (Å²) in [6.07, 6.45) is -0.526. The molecule has 0 radical (unpaired) electrons. The number of aliphatic hydroxyl groups excluding tert-OH is 1. The fourth-order valence-corrected chi connectivity index (χ4v) is 2.21. The molecule has 0 amide bonds. The van der Waals surface area contributed by atoms with Gasteiger partial charge in [0.15, 0.2) is 5.82 Å².